The zero-order chi connectivity index (χ0) is 24.6. The molecule has 1 aliphatic rings. The van der Waals surface area contributed by atoms with Gasteiger partial charge in [0, 0.05) is 11.1 Å². The highest BCUT2D eigenvalue weighted by Gasteiger charge is 2.37. The minimum atomic E-state index is -4.65. The summed E-state index contributed by atoms with van der Waals surface area (Å²) >= 11 is 0. The summed E-state index contributed by atoms with van der Waals surface area (Å²) in [6.07, 6.45) is -3.19. The summed E-state index contributed by atoms with van der Waals surface area (Å²) in [5, 5.41) is 10.2. The number of benzene rings is 3. The van der Waals surface area contributed by atoms with Gasteiger partial charge in [0.15, 0.2) is 11.5 Å². The second-order valence-corrected chi connectivity index (χ2v) is 7.37. The molecule has 0 saturated carbocycles. The molecule has 0 fully saturated rings. The molecular formula is C25H18F3NO5. The summed E-state index contributed by atoms with van der Waals surface area (Å²) in [5.74, 6) is -1.59. The maximum absolute atomic E-state index is 13.5. The van der Waals surface area contributed by atoms with Crippen LogP contribution in [0.1, 0.15) is 27.0 Å². The maximum atomic E-state index is 13.5. The van der Waals surface area contributed by atoms with Crippen molar-refractivity contribution in [3.8, 4) is 17.2 Å². The number of imide groups is 1. The maximum Gasteiger partial charge on any atom is 0.416 e. The van der Waals surface area contributed by atoms with E-state index in [0.29, 0.717) is 11.1 Å². The van der Waals surface area contributed by atoms with E-state index in [1.807, 2.05) is 0 Å². The molecule has 0 aromatic heterocycles. The third-order valence-corrected chi connectivity index (χ3v) is 5.33. The van der Waals surface area contributed by atoms with Gasteiger partial charge in [0.2, 0.25) is 5.75 Å². The summed E-state index contributed by atoms with van der Waals surface area (Å²) in [6, 6.07) is 13.3. The predicted molar refractivity (Wildman–Crippen MR) is 119 cm³/mol. The smallest absolute Gasteiger partial charge is 0.416 e. The van der Waals surface area contributed by atoms with Crippen molar-refractivity contribution in [3.05, 3.63) is 82.9 Å². The third kappa shape index (κ3) is 3.96. The number of alkyl halides is 3. The van der Waals surface area contributed by atoms with E-state index in [0.717, 1.165) is 23.1 Å². The lowest BCUT2D eigenvalue weighted by molar-refractivity contribution is -0.137. The fourth-order valence-corrected chi connectivity index (χ4v) is 3.71. The van der Waals surface area contributed by atoms with Crippen molar-refractivity contribution in [2.45, 2.75) is 6.18 Å². The normalized spacial score (nSPS) is 14.9. The number of phenolic OH excluding ortho intramolecular Hbond substituents is 1. The van der Waals surface area contributed by atoms with E-state index in [1.165, 1.54) is 44.6 Å². The standard InChI is InChI=1S/C25H18F3NO5/c1-33-20-11-14(12-21(34-2)22(20)30)10-19-17-8-3-4-9-18(17)23(31)29(24(19)32)16-7-5-6-15(13-16)25(26,27)28/h3-13,30H,1-2H3/b19-10-. The SMILES string of the molecule is COc1cc(/C=C2\C(=O)N(c3cccc(C(F)(F)F)c3)C(=O)c3ccccc32)cc(OC)c1O. The van der Waals surface area contributed by atoms with Crippen molar-refractivity contribution in [1.82, 2.24) is 0 Å². The highest BCUT2D eigenvalue weighted by Crippen LogP contribution is 2.40. The van der Waals surface area contributed by atoms with Crippen LogP contribution in [0.4, 0.5) is 18.9 Å². The number of nitrogens with zero attached hydrogens (tertiary/aromatic N) is 1. The molecule has 0 spiro atoms. The van der Waals surface area contributed by atoms with Gasteiger partial charge in [-0.3, -0.25) is 9.59 Å². The van der Waals surface area contributed by atoms with E-state index in [4.69, 9.17) is 9.47 Å². The molecule has 1 N–H and O–H groups in total. The summed E-state index contributed by atoms with van der Waals surface area (Å²) < 4.78 is 50.1. The first-order valence-electron chi connectivity index (χ1n) is 9.98. The monoisotopic (exact) mass is 469 g/mol. The van der Waals surface area contributed by atoms with Gasteiger partial charge in [0.05, 0.1) is 25.5 Å². The van der Waals surface area contributed by atoms with Gasteiger partial charge in [-0.15, -0.1) is 0 Å². The van der Waals surface area contributed by atoms with Crippen LogP contribution in [0.25, 0.3) is 11.6 Å². The largest absolute Gasteiger partial charge is 0.502 e. The van der Waals surface area contributed by atoms with Crippen molar-refractivity contribution in [2.24, 2.45) is 0 Å². The summed E-state index contributed by atoms with van der Waals surface area (Å²) in [7, 11) is 2.70. The summed E-state index contributed by atoms with van der Waals surface area (Å²) in [6.45, 7) is 0. The Labute approximate surface area is 192 Å². The number of hydrogen-bond donors (Lipinski definition) is 1. The minimum absolute atomic E-state index is 0.0717. The van der Waals surface area contributed by atoms with Crippen LogP contribution in [0.15, 0.2) is 60.7 Å². The molecule has 0 saturated heterocycles. The second kappa shape index (κ2) is 8.58. The fraction of sp³-hybridized carbons (Fsp3) is 0.120. The Bertz CT molecular complexity index is 1310. The first kappa shape index (κ1) is 22.9. The lowest BCUT2D eigenvalue weighted by Crippen LogP contribution is -2.41. The Morgan fingerprint density at radius 2 is 1.47 bits per heavy atom. The van der Waals surface area contributed by atoms with Gasteiger partial charge in [-0.05, 0) is 53.6 Å². The number of phenols is 1. The molecule has 3 aromatic rings. The second-order valence-electron chi connectivity index (χ2n) is 7.37. The molecule has 4 rings (SSSR count). The Balaban J connectivity index is 1.90. The highest BCUT2D eigenvalue weighted by molar-refractivity contribution is 6.43. The molecule has 3 aromatic carbocycles. The zero-order valence-electron chi connectivity index (χ0n) is 18.0. The van der Waals surface area contributed by atoms with E-state index in [9.17, 15) is 27.9 Å². The third-order valence-electron chi connectivity index (χ3n) is 5.33. The molecule has 0 unspecified atom stereocenters. The van der Waals surface area contributed by atoms with Crippen LogP contribution in [0.3, 0.4) is 0 Å². The van der Waals surface area contributed by atoms with Gasteiger partial charge in [-0.2, -0.15) is 13.2 Å². The number of carbonyl (C=O) groups excluding carboxylic acids is 2. The van der Waals surface area contributed by atoms with Crippen LogP contribution in [0.2, 0.25) is 0 Å². The quantitative estimate of drug-likeness (QED) is 0.422. The van der Waals surface area contributed by atoms with Crippen molar-refractivity contribution in [3.63, 3.8) is 0 Å². The molecule has 0 radical (unpaired) electrons. The predicted octanol–water partition coefficient (Wildman–Crippen LogP) is 5.16. The average Bonchev–Trinajstić information content (AvgIpc) is 2.82. The zero-order valence-corrected chi connectivity index (χ0v) is 18.0. The van der Waals surface area contributed by atoms with Crippen molar-refractivity contribution in [1.29, 1.82) is 0 Å². The van der Waals surface area contributed by atoms with Crippen molar-refractivity contribution in [2.75, 3.05) is 19.1 Å². The topological polar surface area (TPSA) is 76.1 Å². The van der Waals surface area contributed by atoms with E-state index in [2.05, 4.69) is 0 Å². The Morgan fingerprint density at radius 1 is 0.853 bits per heavy atom. The summed E-state index contributed by atoms with van der Waals surface area (Å²) in [4.78, 5) is 27.4. The van der Waals surface area contributed by atoms with Crippen LogP contribution < -0.4 is 14.4 Å². The number of anilines is 1. The highest BCUT2D eigenvalue weighted by atomic mass is 19.4. The molecule has 34 heavy (non-hydrogen) atoms. The van der Waals surface area contributed by atoms with Crippen LogP contribution in [-0.2, 0) is 11.0 Å². The van der Waals surface area contributed by atoms with Gasteiger partial charge >= 0.3 is 6.18 Å². The Kier molecular flexibility index (Phi) is 5.78. The van der Waals surface area contributed by atoms with Gasteiger partial charge in [0.1, 0.15) is 0 Å². The number of halogens is 3. The van der Waals surface area contributed by atoms with Crippen molar-refractivity contribution < 1.29 is 37.3 Å². The number of methoxy groups -OCH3 is 2. The fourth-order valence-electron chi connectivity index (χ4n) is 3.71. The molecule has 0 atom stereocenters. The van der Waals surface area contributed by atoms with E-state index in [-0.39, 0.29) is 34.1 Å². The van der Waals surface area contributed by atoms with E-state index < -0.39 is 23.6 Å². The molecule has 0 aliphatic carbocycles. The van der Waals surface area contributed by atoms with E-state index >= 15 is 0 Å². The molecule has 9 heteroatoms. The first-order valence-corrected chi connectivity index (χ1v) is 9.98. The van der Waals surface area contributed by atoms with Gasteiger partial charge in [0.25, 0.3) is 11.8 Å². The minimum Gasteiger partial charge on any atom is -0.502 e. The van der Waals surface area contributed by atoms with Gasteiger partial charge < -0.3 is 14.6 Å². The molecule has 2 amide bonds. The number of aromatic hydroxyl groups is 1. The lowest BCUT2D eigenvalue weighted by Gasteiger charge is -2.29. The number of fused-ring (bicyclic) bond motifs is 1. The Hall–Kier alpha value is -4.27. The average molecular weight is 469 g/mol. The van der Waals surface area contributed by atoms with Gasteiger partial charge in [-0.25, -0.2) is 4.90 Å². The molecule has 1 aliphatic heterocycles. The molecule has 6 nitrogen and oxygen atoms in total. The lowest BCUT2D eigenvalue weighted by atomic mass is 9.91. The molecule has 1 heterocycles. The Morgan fingerprint density at radius 3 is 2.06 bits per heavy atom. The summed E-state index contributed by atoms with van der Waals surface area (Å²) in [5.41, 5.74) is -0.227. The molecule has 174 valence electrons. The van der Waals surface area contributed by atoms with Crippen LogP contribution in [-0.4, -0.2) is 31.1 Å². The van der Waals surface area contributed by atoms with Crippen LogP contribution in [0, 0.1) is 0 Å². The van der Waals surface area contributed by atoms with Crippen LogP contribution in [0.5, 0.6) is 17.2 Å². The van der Waals surface area contributed by atoms with E-state index in [1.54, 1.807) is 18.2 Å². The number of amides is 2. The van der Waals surface area contributed by atoms with Crippen molar-refractivity contribution >= 4 is 29.2 Å². The number of hydrogen-bond acceptors (Lipinski definition) is 5. The van der Waals surface area contributed by atoms with Gasteiger partial charge in [-0.1, -0.05) is 24.3 Å². The van der Waals surface area contributed by atoms with Crippen LogP contribution >= 0.6 is 0 Å². The first-order chi connectivity index (χ1) is 16.2. The number of carbonyl (C=O) groups is 2. The molecule has 0 bridgehead atoms. The number of ether oxygens (including phenoxy) is 2. The molecular weight excluding hydrogens is 451 g/mol. The number of rotatable bonds is 4.